The summed E-state index contributed by atoms with van der Waals surface area (Å²) >= 11 is 0. The molecular formula is C18H21N5. The maximum absolute atomic E-state index is 3.93. The minimum absolute atomic E-state index is 0.435. The zero-order chi connectivity index (χ0) is 15.7. The smallest absolute Gasteiger partial charge is 0.188 e. The molecule has 2 N–H and O–H groups in total. The normalized spacial score (nSPS) is 11.0. The number of hydrogen-bond acceptors (Lipinski definition) is 4. The number of H-pyrrole nitrogens is 1. The lowest BCUT2D eigenvalue weighted by Crippen LogP contribution is -2.16. The molecule has 118 valence electrons. The third-order valence-corrected chi connectivity index (χ3v) is 3.92. The fourth-order valence-electron chi connectivity index (χ4n) is 2.79. The molecule has 3 rings (SSSR count). The predicted octanol–water partition coefficient (Wildman–Crippen LogP) is 2.90. The van der Waals surface area contributed by atoms with E-state index >= 15 is 0 Å². The van der Waals surface area contributed by atoms with Crippen molar-refractivity contribution in [3.8, 4) is 0 Å². The van der Waals surface area contributed by atoms with Crippen molar-refractivity contribution in [1.29, 1.82) is 0 Å². The van der Waals surface area contributed by atoms with Crippen molar-refractivity contribution in [2.24, 2.45) is 0 Å². The standard InChI is InChI=1S/C18H21N5/c1-3-8-15(9-4-1)17(16-10-5-2-6-11-16)12-7-13-19-14-18-20-22-23-21-18/h1-6,8-11,17,19H,7,12-14H2,(H,20,21,22,23). The Bertz CT molecular complexity index is 628. The zero-order valence-electron chi connectivity index (χ0n) is 13.0. The van der Waals surface area contributed by atoms with Gasteiger partial charge in [0.25, 0.3) is 0 Å². The number of rotatable bonds is 8. The molecule has 0 atom stereocenters. The topological polar surface area (TPSA) is 66.5 Å². The Balaban J connectivity index is 1.56. The van der Waals surface area contributed by atoms with Gasteiger partial charge in [-0.05, 0) is 30.5 Å². The van der Waals surface area contributed by atoms with Gasteiger partial charge in [0.1, 0.15) is 0 Å². The fourth-order valence-corrected chi connectivity index (χ4v) is 2.79. The van der Waals surface area contributed by atoms with Crippen LogP contribution >= 0.6 is 0 Å². The van der Waals surface area contributed by atoms with E-state index in [0.717, 1.165) is 19.4 Å². The zero-order valence-corrected chi connectivity index (χ0v) is 13.0. The molecule has 0 amide bonds. The van der Waals surface area contributed by atoms with E-state index in [2.05, 4.69) is 86.6 Å². The van der Waals surface area contributed by atoms with Crippen LogP contribution in [0.3, 0.4) is 0 Å². The lowest BCUT2D eigenvalue weighted by Gasteiger charge is -2.18. The number of tetrazole rings is 1. The highest BCUT2D eigenvalue weighted by molar-refractivity contribution is 5.32. The van der Waals surface area contributed by atoms with Gasteiger partial charge in [-0.15, -0.1) is 10.2 Å². The maximum atomic E-state index is 3.93. The van der Waals surface area contributed by atoms with Crippen molar-refractivity contribution < 1.29 is 0 Å². The average Bonchev–Trinajstić information content (AvgIpc) is 3.13. The van der Waals surface area contributed by atoms with Gasteiger partial charge in [0.2, 0.25) is 0 Å². The summed E-state index contributed by atoms with van der Waals surface area (Å²) in [5, 5.41) is 17.2. The van der Waals surface area contributed by atoms with Crippen LogP contribution in [0.15, 0.2) is 60.7 Å². The first-order valence-corrected chi connectivity index (χ1v) is 7.96. The second-order valence-electron chi connectivity index (χ2n) is 5.52. The molecule has 0 fully saturated rings. The van der Waals surface area contributed by atoms with E-state index in [0.29, 0.717) is 18.3 Å². The van der Waals surface area contributed by atoms with Crippen molar-refractivity contribution in [2.45, 2.75) is 25.3 Å². The Kier molecular flexibility index (Phi) is 5.48. The molecule has 3 aromatic rings. The van der Waals surface area contributed by atoms with Gasteiger partial charge in [0.15, 0.2) is 5.82 Å². The van der Waals surface area contributed by atoms with Gasteiger partial charge < -0.3 is 5.32 Å². The molecular weight excluding hydrogens is 286 g/mol. The van der Waals surface area contributed by atoms with Crippen LogP contribution in [0.2, 0.25) is 0 Å². The van der Waals surface area contributed by atoms with E-state index in [1.54, 1.807) is 0 Å². The highest BCUT2D eigenvalue weighted by atomic mass is 15.5. The number of aromatic amines is 1. The van der Waals surface area contributed by atoms with Crippen LogP contribution in [0.5, 0.6) is 0 Å². The van der Waals surface area contributed by atoms with Crippen LogP contribution < -0.4 is 5.32 Å². The average molecular weight is 307 g/mol. The van der Waals surface area contributed by atoms with Crippen LogP contribution in [0, 0.1) is 0 Å². The van der Waals surface area contributed by atoms with Crippen LogP contribution in [0.1, 0.15) is 35.7 Å². The van der Waals surface area contributed by atoms with E-state index in [1.807, 2.05) is 0 Å². The molecule has 5 nitrogen and oxygen atoms in total. The first kappa shape index (κ1) is 15.4. The molecule has 0 unspecified atom stereocenters. The molecule has 0 spiro atoms. The van der Waals surface area contributed by atoms with Crippen molar-refractivity contribution in [3.63, 3.8) is 0 Å². The van der Waals surface area contributed by atoms with Crippen LogP contribution in [-0.2, 0) is 6.54 Å². The Hall–Kier alpha value is -2.53. The third-order valence-electron chi connectivity index (χ3n) is 3.92. The highest BCUT2D eigenvalue weighted by Gasteiger charge is 2.13. The van der Waals surface area contributed by atoms with Gasteiger partial charge >= 0.3 is 0 Å². The van der Waals surface area contributed by atoms with Gasteiger partial charge in [-0.2, -0.15) is 5.21 Å². The SMILES string of the molecule is c1ccc(C(CCCNCc2nn[nH]n2)c2ccccc2)cc1. The minimum Gasteiger partial charge on any atom is -0.310 e. The predicted molar refractivity (Wildman–Crippen MR) is 89.8 cm³/mol. The summed E-state index contributed by atoms with van der Waals surface area (Å²) in [7, 11) is 0. The molecule has 0 aliphatic rings. The van der Waals surface area contributed by atoms with Gasteiger partial charge in [-0.25, -0.2) is 0 Å². The molecule has 0 radical (unpaired) electrons. The van der Waals surface area contributed by atoms with Crippen molar-refractivity contribution in [2.75, 3.05) is 6.54 Å². The van der Waals surface area contributed by atoms with E-state index in [4.69, 9.17) is 0 Å². The molecule has 0 aliphatic carbocycles. The Morgan fingerprint density at radius 3 is 2.13 bits per heavy atom. The lowest BCUT2D eigenvalue weighted by molar-refractivity contribution is 0.583. The van der Waals surface area contributed by atoms with Crippen LogP contribution in [-0.4, -0.2) is 27.2 Å². The second kappa shape index (κ2) is 8.19. The maximum Gasteiger partial charge on any atom is 0.188 e. The van der Waals surface area contributed by atoms with E-state index in [-0.39, 0.29) is 0 Å². The molecule has 0 saturated heterocycles. The first-order valence-electron chi connectivity index (χ1n) is 7.96. The minimum atomic E-state index is 0.435. The molecule has 23 heavy (non-hydrogen) atoms. The third kappa shape index (κ3) is 4.47. The lowest BCUT2D eigenvalue weighted by atomic mass is 9.87. The van der Waals surface area contributed by atoms with Gasteiger partial charge in [-0.1, -0.05) is 65.9 Å². The van der Waals surface area contributed by atoms with E-state index in [9.17, 15) is 0 Å². The molecule has 5 heteroatoms. The molecule has 2 aromatic carbocycles. The monoisotopic (exact) mass is 307 g/mol. The number of nitrogens with one attached hydrogen (secondary N) is 2. The Morgan fingerprint density at radius 2 is 1.57 bits per heavy atom. The van der Waals surface area contributed by atoms with E-state index in [1.165, 1.54) is 11.1 Å². The number of aromatic nitrogens is 4. The quantitative estimate of drug-likeness (QED) is 0.628. The summed E-state index contributed by atoms with van der Waals surface area (Å²) < 4.78 is 0. The van der Waals surface area contributed by atoms with Crippen molar-refractivity contribution in [3.05, 3.63) is 77.6 Å². The largest absolute Gasteiger partial charge is 0.310 e. The van der Waals surface area contributed by atoms with Crippen molar-refractivity contribution in [1.82, 2.24) is 25.9 Å². The molecule has 1 aromatic heterocycles. The number of nitrogens with zero attached hydrogens (tertiary/aromatic N) is 3. The summed E-state index contributed by atoms with van der Waals surface area (Å²) in [6.07, 6.45) is 2.19. The van der Waals surface area contributed by atoms with Gasteiger partial charge in [-0.3, -0.25) is 0 Å². The molecule has 1 heterocycles. The highest BCUT2D eigenvalue weighted by Crippen LogP contribution is 2.28. The summed E-state index contributed by atoms with van der Waals surface area (Å²) in [5.74, 6) is 1.14. The summed E-state index contributed by atoms with van der Waals surface area (Å²) in [6, 6.07) is 21.4. The fraction of sp³-hybridized carbons (Fsp3) is 0.278. The van der Waals surface area contributed by atoms with Gasteiger partial charge in [0, 0.05) is 5.92 Å². The molecule has 0 saturated carbocycles. The summed E-state index contributed by atoms with van der Waals surface area (Å²) in [4.78, 5) is 0. The van der Waals surface area contributed by atoms with Crippen LogP contribution in [0.25, 0.3) is 0 Å². The van der Waals surface area contributed by atoms with Crippen LogP contribution in [0.4, 0.5) is 0 Å². The second-order valence-corrected chi connectivity index (χ2v) is 5.52. The Morgan fingerprint density at radius 1 is 0.913 bits per heavy atom. The van der Waals surface area contributed by atoms with E-state index < -0.39 is 0 Å². The first-order chi connectivity index (χ1) is 11.4. The summed E-state index contributed by atoms with van der Waals surface area (Å²) in [5.41, 5.74) is 2.74. The Labute approximate surface area is 136 Å². The summed E-state index contributed by atoms with van der Waals surface area (Å²) in [6.45, 7) is 1.59. The number of hydrogen-bond donors (Lipinski definition) is 2. The van der Waals surface area contributed by atoms with Crippen molar-refractivity contribution >= 4 is 0 Å². The molecule has 0 aliphatic heterocycles. The van der Waals surface area contributed by atoms with Gasteiger partial charge in [0.05, 0.1) is 6.54 Å². The molecule has 0 bridgehead atoms. The number of benzene rings is 2.